The monoisotopic (exact) mass is 223 g/mol. The lowest BCUT2D eigenvalue weighted by Gasteiger charge is -2.11. The number of aromatic nitrogens is 2. The van der Waals surface area contributed by atoms with Crippen molar-refractivity contribution in [2.24, 2.45) is 11.5 Å². The van der Waals surface area contributed by atoms with E-state index in [4.69, 9.17) is 11.5 Å². The first-order valence-corrected chi connectivity index (χ1v) is 4.67. The fraction of sp³-hybridized carbons (Fsp3) is 0.333. The summed E-state index contributed by atoms with van der Waals surface area (Å²) in [5.74, 6) is -0.579. The van der Waals surface area contributed by atoms with Gasteiger partial charge in [0.2, 0.25) is 5.91 Å². The molecule has 0 aliphatic heterocycles. The lowest BCUT2D eigenvalue weighted by Crippen LogP contribution is -2.24. The van der Waals surface area contributed by atoms with Crippen molar-refractivity contribution in [2.45, 2.75) is 19.4 Å². The second-order valence-corrected chi connectivity index (χ2v) is 3.38. The number of nitrogens with one attached hydrogen (secondary N) is 1. The molecule has 0 fully saturated rings. The highest BCUT2D eigenvalue weighted by Gasteiger charge is 2.07. The van der Waals surface area contributed by atoms with Crippen molar-refractivity contribution in [3.63, 3.8) is 0 Å². The van der Waals surface area contributed by atoms with E-state index in [9.17, 15) is 9.59 Å². The number of carbonyl (C=O) groups excluding carboxylic acids is 2. The van der Waals surface area contributed by atoms with Gasteiger partial charge in [-0.25, -0.2) is 0 Å². The van der Waals surface area contributed by atoms with Gasteiger partial charge in [0.15, 0.2) is 5.69 Å². The minimum Gasteiger partial charge on any atom is -0.370 e. The van der Waals surface area contributed by atoms with Crippen LogP contribution >= 0.6 is 0 Å². The van der Waals surface area contributed by atoms with Gasteiger partial charge in [0.1, 0.15) is 5.82 Å². The predicted molar refractivity (Wildman–Crippen MR) is 57.4 cm³/mol. The number of carbonyl (C=O) groups is 2. The molecule has 1 atom stereocenters. The third kappa shape index (κ3) is 3.52. The Balaban J connectivity index is 2.61. The maximum absolute atomic E-state index is 10.7. The molecule has 1 aromatic rings. The van der Waals surface area contributed by atoms with Crippen LogP contribution in [0.4, 0.5) is 5.82 Å². The maximum atomic E-state index is 10.7. The molecule has 2 amide bonds. The van der Waals surface area contributed by atoms with Crippen LogP contribution in [0.1, 0.15) is 23.8 Å². The van der Waals surface area contributed by atoms with Gasteiger partial charge in [0.25, 0.3) is 5.91 Å². The minimum atomic E-state index is -0.635. The van der Waals surface area contributed by atoms with E-state index in [1.165, 1.54) is 6.07 Å². The lowest BCUT2D eigenvalue weighted by atomic mass is 10.2. The van der Waals surface area contributed by atoms with E-state index in [0.717, 1.165) is 0 Å². The summed E-state index contributed by atoms with van der Waals surface area (Å²) in [6.07, 6.45) is 0.194. The summed E-state index contributed by atoms with van der Waals surface area (Å²) < 4.78 is 0. The van der Waals surface area contributed by atoms with E-state index in [2.05, 4.69) is 15.5 Å². The average Bonchev–Trinajstić information content (AvgIpc) is 2.16. The molecule has 7 heteroatoms. The molecule has 0 saturated heterocycles. The first-order valence-electron chi connectivity index (χ1n) is 4.67. The van der Waals surface area contributed by atoms with Crippen molar-refractivity contribution in [2.75, 3.05) is 5.32 Å². The molecule has 0 aromatic carbocycles. The van der Waals surface area contributed by atoms with Crippen LogP contribution in [0.25, 0.3) is 0 Å². The van der Waals surface area contributed by atoms with Gasteiger partial charge in [-0.2, -0.15) is 0 Å². The number of nitrogens with zero attached hydrogens (tertiary/aromatic N) is 2. The average molecular weight is 223 g/mol. The highest BCUT2D eigenvalue weighted by Crippen LogP contribution is 2.05. The van der Waals surface area contributed by atoms with Gasteiger partial charge in [-0.15, -0.1) is 10.2 Å². The number of nitrogens with two attached hydrogens (primary N) is 2. The summed E-state index contributed by atoms with van der Waals surface area (Å²) in [7, 11) is 0. The van der Waals surface area contributed by atoms with E-state index < -0.39 is 11.8 Å². The predicted octanol–water partition coefficient (Wildman–Crippen LogP) is -0.749. The van der Waals surface area contributed by atoms with Gasteiger partial charge >= 0.3 is 0 Å². The molecule has 0 bridgehead atoms. The SMILES string of the molecule is CC(CC(N)=O)Nc1ccc(C(N)=O)nn1. The molecule has 1 heterocycles. The molecule has 0 spiro atoms. The number of amides is 2. The maximum Gasteiger partial charge on any atom is 0.269 e. The summed E-state index contributed by atoms with van der Waals surface area (Å²) in [4.78, 5) is 21.3. The van der Waals surface area contributed by atoms with E-state index in [-0.39, 0.29) is 18.2 Å². The zero-order valence-corrected chi connectivity index (χ0v) is 8.80. The van der Waals surface area contributed by atoms with Gasteiger partial charge in [0.05, 0.1) is 0 Å². The Morgan fingerprint density at radius 2 is 2.06 bits per heavy atom. The molecule has 0 aliphatic carbocycles. The van der Waals surface area contributed by atoms with Crippen molar-refractivity contribution in [1.82, 2.24) is 10.2 Å². The smallest absolute Gasteiger partial charge is 0.269 e. The Hall–Kier alpha value is -2.18. The fourth-order valence-electron chi connectivity index (χ4n) is 1.15. The summed E-state index contributed by atoms with van der Waals surface area (Å²) in [5, 5.41) is 10.3. The number of hydrogen-bond donors (Lipinski definition) is 3. The largest absolute Gasteiger partial charge is 0.370 e. The van der Waals surface area contributed by atoms with Crippen LogP contribution in [0.2, 0.25) is 0 Å². The molecule has 1 rings (SSSR count). The minimum absolute atomic E-state index is 0.0908. The number of hydrogen-bond acceptors (Lipinski definition) is 5. The van der Waals surface area contributed by atoms with Crippen LogP contribution in [-0.4, -0.2) is 28.1 Å². The van der Waals surface area contributed by atoms with Crippen LogP contribution < -0.4 is 16.8 Å². The van der Waals surface area contributed by atoms with Crippen molar-refractivity contribution in [3.8, 4) is 0 Å². The second kappa shape index (κ2) is 5.06. The van der Waals surface area contributed by atoms with Gasteiger partial charge in [-0.05, 0) is 19.1 Å². The fourth-order valence-corrected chi connectivity index (χ4v) is 1.15. The molecular weight excluding hydrogens is 210 g/mol. The van der Waals surface area contributed by atoms with Gasteiger partial charge in [0, 0.05) is 12.5 Å². The molecule has 0 saturated carbocycles. The van der Waals surface area contributed by atoms with Crippen molar-refractivity contribution in [3.05, 3.63) is 17.8 Å². The first kappa shape index (κ1) is 11.9. The van der Waals surface area contributed by atoms with Gasteiger partial charge < -0.3 is 16.8 Å². The number of rotatable bonds is 5. The molecule has 7 nitrogen and oxygen atoms in total. The molecule has 0 aliphatic rings. The molecule has 16 heavy (non-hydrogen) atoms. The molecule has 0 radical (unpaired) electrons. The van der Waals surface area contributed by atoms with Crippen molar-refractivity contribution in [1.29, 1.82) is 0 Å². The molecule has 1 aromatic heterocycles. The Kier molecular flexibility index (Phi) is 3.76. The topological polar surface area (TPSA) is 124 Å². The first-order chi connectivity index (χ1) is 7.49. The molecule has 86 valence electrons. The number of anilines is 1. The van der Waals surface area contributed by atoms with Crippen molar-refractivity contribution < 1.29 is 9.59 Å². The van der Waals surface area contributed by atoms with Crippen molar-refractivity contribution >= 4 is 17.6 Å². The van der Waals surface area contributed by atoms with E-state index in [0.29, 0.717) is 5.82 Å². The summed E-state index contributed by atoms with van der Waals surface area (Å²) in [5.41, 5.74) is 10.1. The third-order valence-electron chi connectivity index (χ3n) is 1.82. The van der Waals surface area contributed by atoms with Crippen LogP contribution in [0.3, 0.4) is 0 Å². The number of primary amides is 2. The van der Waals surface area contributed by atoms with Gasteiger partial charge in [-0.1, -0.05) is 0 Å². The highest BCUT2D eigenvalue weighted by atomic mass is 16.1. The normalized spacial score (nSPS) is 11.8. The van der Waals surface area contributed by atoms with Crippen LogP contribution in [-0.2, 0) is 4.79 Å². The van der Waals surface area contributed by atoms with E-state index in [1.807, 2.05) is 0 Å². The van der Waals surface area contributed by atoms with Crippen LogP contribution in [0.5, 0.6) is 0 Å². The van der Waals surface area contributed by atoms with Crippen LogP contribution in [0, 0.1) is 0 Å². The lowest BCUT2D eigenvalue weighted by molar-refractivity contribution is -0.118. The quantitative estimate of drug-likeness (QED) is 0.605. The van der Waals surface area contributed by atoms with Gasteiger partial charge in [-0.3, -0.25) is 9.59 Å². The third-order valence-corrected chi connectivity index (χ3v) is 1.82. The Morgan fingerprint density at radius 3 is 2.50 bits per heavy atom. The van der Waals surface area contributed by atoms with E-state index in [1.54, 1.807) is 13.0 Å². The second-order valence-electron chi connectivity index (χ2n) is 3.38. The summed E-state index contributed by atoms with van der Waals surface area (Å²) in [6.45, 7) is 1.79. The Bertz CT molecular complexity index is 389. The zero-order chi connectivity index (χ0) is 12.1. The summed E-state index contributed by atoms with van der Waals surface area (Å²) >= 11 is 0. The van der Waals surface area contributed by atoms with E-state index >= 15 is 0 Å². The Labute approximate surface area is 92.2 Å². The highest BCUT2D eigenvalue weighted by molar-refractivity contribution is 5.90. The molecule has 1 unspecified atom stereocenters. The summed E-state index contributed by atoms with van der Waals surface area (Å²) in [6, 6.07) is 2.87. The zero-order valence-electron chi connectivity index (χ0n) is 8.80. The molecule has 5 N–H and O–H groups in total. The molecular formula is C9H13N5O2. The standard InChI is InChI=1S/C9H13N5O2/c1-5(4-7(10)15)12-8-3-2-6(9(11)16)13-14-8/h2-3,5H,4H2,1H3,(H2,10,15)(H2,11,16)(H,12,14). The van der Waals surface area contributed by atoms with Crippen LogP contribution in [0.15, 0.2) is 12.1 Å². The Morgan fingerprint density at radius 1 is 1.38 bits per heavy atom.